The fourth-order valence-corrected chi connectivity index (χ4v) is 6.37. The first-order chi connectivity index (χ1) is 19.5. The summed E-state index contributed by atoms with van der Waals surface area (Å²) >= 11 is 0. The molecule has 4 rings (SSSR count). The highest BCUT2D eigenvalue weighted by molar-refractivity contribution is 5.89. The molecule has 1 aliphatic carbocycles. The molecule has 1 aromatic rings. The maximum atomic E-state index is 14.2. The van der Waals surface area contributed by atoms with Crippen molar-refractivity contribution in [1.82, 2.24) is 10.2 Å². The minimum Gasteiger partial charge on any atom is -0.464 e. The largest absolute Gasteiger partial charge is 0.464 e. The third kappa shape index (κ3) is 10.9. The Hall–Kier alpha value is -2.16. The molecule has 41 heavy (non-hydrogen) atoms. The van der Waals surface area contributed by atoms with Gasteiger partial charge in [-0.1, -0.05) is 75.8 Å². The first kappa shape index (κ1) is 35.0. The van der Waals surface area contributed by atoms with Crippen LogP contribution in [0.4, 0.5) is 0 Å². The van der Waals surface area contributed by atoms with Crippen molar-refractivity contribution in [2.24, 2.45) is 17.4 Å². The third-order valence-electron chi connectivity index (χ3n) is 8.67. The standard InChI is InChI=1S/C32H52N4O4.ClH/c1-2-3-4-5-6-12-23-40-32(39)29-25-17-19-26(20-18-25)36(29)31(38)28(15-10-11-22-33)35-27(30(34)37)21-16-24-13-8-7-9-14-24;/h7-9,13-14,25-29,35H,2-6,10-12,15-23,33H2,1H3,(H2,34,37);1H/t25?,26?,27-,28-,29-;/m0./s1. The second-order valence-corrected chi connectivity index (χ2v) is 11.7. The lowest BCUT2D eigenvalue weighted by molar-refractivity contribution is -0.168. The van der Waals surface area contributed by atoms with Crippen molar-refractivity contribution in [2.75, 3.05) is 13.2 Å². The second-order valence-electron chi connectivity index (χ2n) is 11.7. The number of nitrogens with two attached hydrogens (primary N) is 2. The van der Waals surface area contributed by atoms with Crippen LogP contribution in [0.5, 0.6) is 0 Å². The predicted octanol–water partition coefficient (Wildman–Crippen LogP) is 4.66. The Kier molecular flexibility index (Phi) is 16.3. The number of unbranched alkanes of at least 4 members (excludes halogenated alkanes) is 6. The van der Waals surface area contributed by atoms with E-state index in [-0.39, 0.29) is 36.2 Å². The summed E-state index contributed by atoms with van der Waals surface area (Å²) in [7, 11) is 0. The van der Waals surface area contributed by atoms with E-state index >= 15 is 0 Å². The van der Waals surface area contributed by atoms with Crippen LogP contribution >= 0.6 is 12.4 Å². The van der Waals surface area contributed by atoms with E-state index in [0.29, 0.717) is 32.4 Å². The molecule has 232 valence electrons. The molecule has 3 atom stereocenters. The summed E-state index contributed by atoms with van der Waals surface area (Å²) in [4.78, 5) is 41.8. The highest BCUT2D eigenvalue weighted by Gasteiger charge is 2.49. The number of fused-ring (bicyclic) bond motifs is 3. The van der Waals surface area contributed by atoms with E-state index in [1.165, 1.54) is 19.3 Å². The summed E-state index contributed by atoms with van der Waals surface area (Å²) in [5, 5.41) is 3.32. The van der Waals surface area contributed by atoms with Gasteiger partial charge in [-0.25, -0.2) is 4.79 Å². The molecule has 2 aliphatic heterocycles. The number of nitrogens with zero attached hydrogens (tertiary/aromatic N) is 1. The summed E-state index contributed by atoms with van der Waals surface area (Å²) in [6, 6.07) is 8.17. The van der Waals surface area contributed by atoms with Gasteiger partial charge in [0.2, 0.25) is 11.8 Å². The number of hydrogen-bond donors (Lipinski definition) is 3. The number of carbonyl (C=O) groups excluding carboxylic acids is 3. The molecule has 0 aromatic heterocycles. The summed E-state index contributed by atoms with van der Waals surface area (Å²) in [5.41, 5.74) is 12.7. The molecule has 3 fully saturated rings. The van der Waals surface area contributed by atoms with Crippen molar-refractivity contribution < 1.29 is 19.1 Å². The minimum absolute atomic E-state index is 0. The molecule has 3 aliphatic rings. The van der Waals surface area contributed by atoms with Gasteiger partial charge in [-0.05, 0) is 75.8 Å². The lowest BCUT2D eigenvalue weighted by Crippen LogP contribution is -2.65. The molecule has 1 saturated carbocycles. The van der Waals surface area contributed by atoms with Crippen LogP contribution < -0.4 is 16.8 Å². The van der Waals surface area contributed by atoms with Gasteiger partial charge in [-0.15, -0.1) is 12.4 Å². The van der Waals surface area contributed by atoms with Crippen molar-refractivity contribution in [3.63, 3.8) is 0 Å². The number of hydrogen-bond acceptors (Lipinski definition) is 6. The Morgan fingerprint density at radius 1 is 0.927 bits per heavy atom. The van der Waals surface area contributed by atoms with Crippen LogP contribution in [0.2, 0.25) is 0 Å². The van der Waals surface area contributed by atoms with E-state index in [9.17, 15) is 14.4 Å². The Morgan fingerprint density at radius 3 is 2.27 bits per heavy atom. The van der Waals surface area contributed by atoms with E-state index in [0.717, 1.165) is 63.4 Å². The van der Waals surface area contributed by atoms with Gasteiger partial charge in [0.15, 0.2) is 0 Å². The number of aryl methyl sites for hydroxylation is 1. The SMILES string of the molecule is CCCCCCCCOC(=O)[C@@H]1C2CCC(CC2)N1C(=O)[C@H](CCCCN)N[C@@H](CCc1ccccc1)C(N)=O.Cl. The summed E-state index contributed by atoms with van der Waals surface area (Å²) < 4.78 is 5.76. The lowest BCUT2D eigenvalue weighted by Gasteiger charge is -2.51. The van der Waals surface area contributed by atoms with Crippen LogP contribution in [0.15, 0.2) is 30.3 Å². The highest BCUT2D eigenvalue weighted by Crippen LogP contribution is 2.40. The van der Waals surface area contributed by atoms with Crippen molar-refractivity contribution in [3.05, 3.63) is 35.9 Å². The smallest absolute Gasteiger partial charge is 0.329 e. The Balaban J connectivity index is 0.00000588. The third-order valence-corrected chi connectivity index (χ3v) is 8.67. The molecule has 0 spiro atoms. The highest BCUT2D eigenvalue weighted by atomic mass is 35.5. The van der Waals surface area contributed by atoms with Crippen LogP contribution in [0.3, 0.4) is 0 Å². The summed E-state index contributed by atoms with van der Waals surface area (Å²) in [6.45, 7) is 3.14. The zero-order valence-electron chi connectivity index (χ0n) is 24.9. The molecule has 2 heterocycles. The number of halogens is 1. The Bertz CT molecular complexity index is 910. The topological polar surface area (TPSA) is 128 Å². The number of primary amides is 1. The van der Waals surface area contributed by atoms with Crippen LogP contribution in [0.25, 0.3) is 0 Å². The van der Waals surface area contributed by atoms with Gasteiger partial charge < -0.3 is 21.1 Å². The number of carbonyl (C=O) groups is 3. The fraction of sp³-hybridized carbons (Fsp3) is 0.719. The molecule has 2 amide bonds. The molecule has 8 nitrogen and oxygen atoms in total. The molecule has 1 aromatic carbocycles. The second kappa shape index (κ2) is 19.1. The number of ether oxygens (including phenoxy) is 1. The normalized spacial score (nSPS) is 21.1. The first-order valence-corrected chi connectivity index (χ1v) is 15.7. The number of piperidine rings is 2. The van der Waals surface area contributed by atoms with E-state index < -0.39 is 24.0 Å². The lowest BCUT2D eigenvalue weighted by atomic mass is 9.74. The fourth-order valence-electron chi connectivity index (χ4n) is 6.37. The molecule has 2 saturated heterocycles. The van der Waals surface area contributed by atoms with Crippen molar-refractivity contribution in [2.45, 2.75) is 127 Å². The average molecular weight is 593 g/mol. The van der Waals surface area contributed by atoms with Crippen LogP contribution in [0, 0.1) is 5.92 Å². The van der Waals surface area contributed by atoms with Gasteiger partial charge in [0.1, 0.15) is 6.04 Å². The van der Waals surface area contributed by atoms with Crippen LogP contribution in [-0.2, 0) is 25.5 Å². The van der Waals surface area contributed by atoms with Gasteiger partial charge in [0, 0.05) is 6.04 Å². The number of esters is 1. The van der Waals surface area contributed by atoms with Crippen molar-refractivity contribution in [1.29, 1.82) is 0 Å². The zero-order valence-corrected chi connectivity index (χ0v) is 25.8. The number of benzene rings is 1. The van der Waals surface area contributed by atoms with Crippen LogP contribution in [0.1, 0.15) is 102 Å². The average Bonchev–Trinajstić information content (AvgIpc) is 2.98. The van der Waals surface area contributed by atoms with Gasteiger partial charge in [-0.3, -0.25) is 14.9 Å². The Morgan fingerprint density at radius 2 is 1.61 bits per heavy atom. The maximum Gasteiger partial charge on any atom is 0.329 e. The summed E-state index contributed by atoms with van der Waals surface area (Å²) in [6.07, 6.45) is 13.7. The quantitative estimate of drug-likeness (QED) is 0.158. The van der Waals surface area contributed by atoms with Crippen LogP contribution in [-0.4, -0.2) is 60.0 Å². The summed E-state index contributed by atoms with van der Waals surface area (Å²) in [5.74, 6) is -0.727. The number of nitrogens with one attached hydrogen (secondary N) is 1. The number of amides is 2. The van der Waals surface area contributed by atoms with E-state index in [1.807, 2.05) is 35.2 Å². The molecule has 0 unspecified atom stereocenters. The molecule has 0 radical (unpaired) electrons. The Labute approximate surface area is 253 Å². The molecule has 5 N–H and O–H groups in total. The molecular formula is C32H53ClN4O4. The molecule has 2 bridgehead atoms. The van der Waals surface area contributed by atoms with Gasteiger partial charge >= 0.3 is 5.97 Å². The van der Waals surface area contributed by atoms with Crippen molar-refractivity contribution in [3.8, 4) is 0 Å². The first-order valence-electron chi connectivity index (χ1n) is 15.7. The van der Waals surface area contributed by atoms with E-state index in [1.54, 1.807) is 0 Å². The van der Waals surface area contributed by atoms with E-state index in [2.05, 4.69) is 12.2 Å². The van der Waals surface area contributed by atoms with Gasteiger partial charge in [-0.2, -0.15) is 0 Å². The predicted molar refractivity (Wildman–Crippen MR) is 166 cm³/mol. The van der Waals surface area contributed by atoms with E-state index in [4.69, 9.17) is 16.2 Å². The van der Waals surface area contributed by atoms with Crippen molar-refractivity contribution >= 4 is 30.2 Å². The monoisotopic (exact) mass is 592 g/mol. The molecular weight excluding hydrogens is 540 g/mol. The van der Waals surface area contributed by atoms with Gasteiger partial charge in [0.05, 0.1) is 18.7 Å². The maximum absolute atomic E-state index is 14.2. The van der Waals surface area contributed by atoms with Gasteiger partial charge in [0.25, 0.3) is 0 Å². The number of rotatable bonds is 19. The zero-order chi connectivity index (χ0) is 28.7. The molecule has 9 heteroatoms. The minimum atomic E-state index is -0.646.